The fourth-order valence-electron chi connectivity index (χ4n) is 3.96. The van der Waals surface area contributed by atoms with E-state index in [1.165, 1.54) is 18.4 Å². The number of imidazole rings is 1. The van der Waals surface area contributed by atoms with Crippen molar-refractivity contribution in [3.8, 4) is 0 Å². The number of nitrogens with one attached hydrogen (secondary N) is 1. The van der Waals surface area contributed by atoms with Crippen molar-refractivity contribution in [3.63, 3.8) is 0 Å². The minimum atomic E-state index is -0.184. The van der Waals surface area contributed by atoms with Crippen LogP contribution in [0.5, 0.6) is 0 Å². The summed E-state index contributed by atoms with van der Waals surface area (Å²) in [5.41, 5.74) is 5.65. The van der Waals surface area contributed by atoms with Crippen LogP contribution in [-0.2, 0) is 13.1 Å². The predicted octanol–water partition coefficient (Wildman–Crippen LogP) is 3.80. The van der Waals surface area contributed by atoms with Crippen LogP contribution in [0.2, 0.25) is 0 Å². The maximum absolute atomic E-state index is 12.6. The lowest BCUT2D eigenvalue weighted by molar-refractivity contribution is 0.0950. The molecule has 1 amide bonds. The van der Waals surface area contributed by atoms with E-state index < -0.39 is 0 Å². The molecule has 5 aromatic heterocycles. The molecular formula is C23H20BrN7O. The quantitative estimate of drug-likeness (QED) is 0.393. The number of nitrogens with zero attached hydrogens (tertiary/aromatic N) is 6. The van der Waals surface area contributed by atoms with Crippen LogP contribution in [0.4, 0.5) is 0 Å². The lowest BCUT2D eigenvalue weighted by Crippen LogP contribution is -2.22. The zero-order chi connectivity index (χ0) is 21.7. The molecule has 0 aromatic carbocycles. The predicted molar refractivity (Wildman–Crippen MR) is 123 cm³/mol. The van der Waals surface area contributed by atoms with E-state index in [1.807, 2.05) is 33.4 Å². The van der Waals surface area contributed by atoms with Gasteiger partial charge in [-0.2, -0.15) is 10.2 Å². The zero-order valence-electron chi connectivity index (χ0n) is 17.1. The van der Waals surface area contributed by atoms with E-state index in [0.29, 0.717) is 24.6 Å². The van der Waals surface area contributed by atoms with Gasteiger partial charge in [-0.15, -0.1) is 0 Å². The molecule has 6 rings (SSSR count). The van der Waals surface area contributed by atoms with Gasteiger partial charge in [0, 0.05) is 23.1 Å². The fourth-order valence-corrected chi connectivity index (χ4v) is 4.30. The minimum absolute atomic E-state index is 0.184. The van der Waals surface area contributed by atoms with Gasteiger partial charge in [-0.25, -0.2) is 9.50 Å². The maximum Gasteiger partial charge on any atom is 0.254 e. The van der Waals surface area contributed by atoms with Crippen LogP contribution >= 0.6 is 15.9 Å². The first-order valence-corrected chi connectivity index (χ1v) is 11.3. The molecule has 1 aliphatic rings. The average Bonchev–Trinajstić information content (AvgIpc) is 3.21. The van der Waals surface area contributed by atoms with Crippen molar-refractivity contribution >= 4 is 32.9 Å². The molecule has 1 N–H and O–H groups in total. The highest BCUT2D eigenvalue weighted by Gasteiger charge is 2.23. The van der Waals surface area contributed by atoms with Gasteiger partial charge < -0.3 is 9.72 Å². The SMILES string of the molecule is O=C(NCc1ncn2ccc(Br)cc12)c1cnn(Cc2cc3cc(C4CC4)ccn3n2)c1. The highest BCUT2D eigenvalue weighted by atomic mass is 79.9. The third-order valence-corrected chi connectivity index (χ3v) is 6.30. The first-order valence-electron chi connectivity index (χ1n) is 10.5. The Kier molecular flexibility index (Phi) is 4.57. The zero-order valence-corrected chi connectivity index (χ0v) is 18.7. The lowest BCUT2D eigenvalue weighted by atomic mass is 10.1. The number of aromatic nitrogens is 6. The van der Waals surface area contributed by atoms with Crippen molar-refractivity contribution in [2.24, 2.45) is 0 Å². The van der Waals surface area contributed by atoms with E-state index in [9.17, 15) is 4.79 Å². The third-order valence-electron chi connectivity index (χ3n) is 5.80. The van der Waals surface area contributed by atoms with Crippen molar-refractivity contribution in [1.82, 2.24) is 34.1 Å². The summed E-state index contributed by atoms with van der Waals surface area (Å²) in [5.74, 6) is 0.531. The normalized spacial score (nSPS) is 13.8. The Morgan fingerprint density at radius 3 is 2.97 bits per heavy atom. The number of fused-ring (bicyclic) bond motifs is 2. The minimum Gasteiger partial charge on any atom is -0.346 e. The molecule has 5 aromatic rings. The molecule has 0 unspecified atom stereocenters. The molecule has 0 atom stereocenters. The number of hydrogen-bond donors (Lipinski definition) is 1. The Morgan fingerprint density at radius 1 is 1.19 bits per heavy atom. The highest BCUT2D eigenvalue weighted by Crippen LogP contribution is 2.40. The second-order valence-electron chi connectivity index (χ2n) is 8.18. The third kappa shape index (κ3) is 3.69. The molecule has 32 heavy (non-hydrogen) atoms. The van der Waals surface area contributed by atoms with Crippen LogP contribution < -0.4 is 5.32 Å². The summed E-state index contributed by atoms with van der Waals surface area (Å²) < 4.78 is 6.52. The van der Waals surface area contributed by atoms with Crippen LogP contribution in [0.1, 0.15) is 46.1 Å². The second-order valence-corrected chi connectivity index (χ2v) is 9.09. The molecule has 0 aliphatic heterocycles. The Balaban J connectivity index is 1.13. The Morgan fingerprint density at radius 2 is 2.09 bits per heavy atom. The van der Waals surface area contributed by atoms with Crippen molar-refractivity contribution in [1.29, 1.82) is 0 Å². The highest BCUT2D eigenvalue weighted by molar-refractivity contribution is 9.10. The largest absolute Gasteiger partial charge is 0.346 e. The molecule has 1 aliphatic carbocycles. The van der Waals surface area contributed by atoms with E-state index in [-0.39, 0.29) is 5.91 Å². The maximum atomic E-state index is 12.6. The number of hydrogen-bond acceptors (Lipinski definition) is 4. The van der Waals surface area contributed by atoms with E-state index >= 15 is 0 Å². The average molecular weight is 490 g/mol. The molecule has 0 bridgehead atoms. The number of carbonyl (C=O) groups excluding carboxylic acids is 1. The molecule has 0 spiro atoms. The molecule has 0 saturated heterocycles. The van der Waals surface area contributed by atoms with E-state index in [4.69, 9.17) is 0 Å². The van der Waals surface area contributed by atoms with Crippen molar-refractivity contribution < 1.29 is 4.79 Å². The van der Waals surface area contributed by atoms with Crippen LogP contribution in [0.25, 0.3) is 11.0 Å². The van der Waals surface area contributed by atoms with Gasteiger partial charge in [0.1, 0.15) is 0 Å². The first-order chi connectivity index (χ1) is 15.6. The summed E-state index contributed by atoms with van der Waals surface area (Å²) >= 11 is 3.48. The Bertz CT molecular complexity index is 1460. The van der Waals surface area contributed by atoms with Crippen molar-refractivity contribution in [2.45, 2.75) is 31.8 Å². The summed E-state index contributed by atoms with van der Waals surface area (Å²) in [5, 5.41) is 11.9. The monoisotopic (exact) mass is 489 g/mol. The van der Waals surface area contributed by atoms with Gasteiger partial charge in [-0.1, -0.05) is 15.9 Å². The van der Waals surface area contributed by atoms with Crippen LogP contribution in [0, 0.1) is 0 Å². The molecule has 9 heteroatoms. The topological polar surface area (TPSA) is 81.5 Å². The van der Waals surface area contributed by atoms with Gasteiger partial charge in [0.05, 0.1) is 53.6 Å². The lowest BCUT2D eigenvalue weighted by Gasteiger charge is -2.02. The van der Waals surface area contributed by atoms with E-state index in [2.05, 4.69) is 54.6 Å². The summed E-state index contributed by atoms with van der Waals surface area (Å²) in [7, 11) is 0. The molecule has 1 saturated carbocycles. The van der Waals surface area contributed by atoms with Gasteiger partial charge in [-0.3, -0.25) is 9.48 Å². The summed E-state index contributed by atoms with van der Waals surface area (Å²) in [4.78, 5) is 17.0. The molecular weight excluding hydrogens is 470 g/mol. The van der Waals surface area contributed by atoms with Crippen LogP contribution in [0.3, 0.4) is 0 Å². The number of halogens is 1. The van der Waals surface area contributed by atoms with E-state index in [1.54, 1.807) is 23.4 Å². The van der Waals surface area contributed by atoms with Gasteiger partial charge >= 0.3 is 0 Å². The molecule has 1 fully saturated rings. The Hall–Kier alpha value is -3.46. The second kappa shape index (κ2) is 7.59. The first kappa shape index (κ1) is 19.2. The van der Waals surface area contributed by atoms with Crippen LogP contribution in [0.15, 0.2) is 65.9 Å². The molecule has 5 heterocycles. The summed E-state index contributed by atoms with van der Waals surface area (Å²) in [6.45, 7) is 0.847. The van der Waals surface area contributed by atoms with Gasteiger partial charge in [0.2, 0.25) is 0 Å². The molecule has 0 radical (unpaired) electrons. The summed E-state index contributed by atoms with van der Waals surface area (Å²) in [6.07, 6.45) is 11.6. The number of amides is 1. The van der Waals surface area contributed by atoms with Gasteiger partial charge in [0.15, 0.2) is 0 Å². The number of carbonyl (C=O) groups is 1. The number of pyridine rings is 2. The van der Waals surface area contributed by atoms with Gasteiger partial charge in [-0.05, 0) is 54.7 Å². The van der Waals surface area contributed by atoms with Gasteiger partial charge in [0.25, 0.3) is 5.91 Å². The van der Waals surface area contributed by atoms with Crippen LogP contribution in [-0.4, -0.2) is 34.7 Å². The van der Waals surface area contributed by atoms with E-state index in [0.717, 1.165) is 26.9 Å². The van der Waals surface area contributed by atoms with Crippen molar-refractivity contribution in [3.05, 3.63) is 88.4 Å². The van der Waals surface area contributed by atoms with Crippen molar-refractivity contribution in [2.75, 3.05) is 0 Å². The standard InChI is InChI=1S/C23H20BrN7O/c24-18-4-5-29-14-26-21(22(29)8-18)11-25-23(32)17-10-27-30(12-17)13-19-9-20-7-16(15-1-2-15)3-6-31(20)28-19/h3-10,12,14-15H,1-2,11,13H2,(H,25,32). The Labute approximate surface area is 192 Å². The molecule has 8 nitrogen and oxygen atoms in total. The molecule has 160 valence electrons. The smallest absolute Gasteiger partial charge is 0.254 e. The number of rotatable bonds is 6. The summed E-state index contributed by atoms with van der Waals surface area (Å²) in [6, 6.07) is 10.4. The fraction of sp³-hybridized carbons (Fsp3) is 0.217.